The van der Waals surface area contributed by atoms with Crippen LogP contribution in [0.2, 0.25) is 10.0 Å². The van der Waals surface area contributed by atoms with Gasteiger partial charge in [-0.2, -0.15) is 13.2 Å². The molecule has 0 amide bonds. The van der Waals surface area contributed by atoms with Crippen molar-refractivity contribution < 1.29 is 17.9 Å². The van der Waals surface area contributed by atoms with E-state index in [-0.39, 0.29) is 10.8 Å². The van der Waals surface area contributed by atoms with Gasteiger partial charge < -0.3 is 4.74 Å². The Kier molecular flexibility index (Phi) is 3.17. The van der Waals surface area contributed by atoms with Crippen molar-refractivity contribution in [2.24, 2.45) is 0 Å². The zero-order chi connectivity index (χ0) is 10.9. The largest absolute Gasteiger partial charge is 0.495 e. The summed E-state index contributed by atoms with van der Waals surface area (Å²) in [5.74, 6) is 0.115. The van der Waals surface area contributed by atoms with Crippen LogP contribution in [0.4, 0.5) is 13.2 Å². The summed E-state index contributed by atoms with van der Waals surface area (Å²) >= 11 is 10.9. The first-order valence-electron chi connectivity index (χ1n) is 3.46. The molecule has 0 saturated carbocycles. The predicted octanol–water partition coefficient (Wildman–Crippen LogP) is 4.02. The lowest BCUT2D eigenvalue weighted by Gasteiger charge is -2.11. The van der Waals surface area contributed by atoms with Gasteiger partial charge in [-0.15, -0.1) is 0 Å². The number of halogens is 5. The number of benzene rings is 1. The topological polar surface area (TPSA) is 9.23 Å². The zero-order valence-electron chi connectivity index (χ0n) is 6.95. The van der Waals surface area contributed by atoms with E-state index in [0.717, 1.165) is 12.1 Å². The molecule has 0 unspecified atom stereocenters. The molecule has 0 bridgehead atoms. The Morgan fingerprint density at radius 3 is 2.14 bits per heavy atom. The SMILES string of the molecule is COc1cc(Cl)c(C(F)(F)F)cc1Cl. The third kappa shape index (κ3) is 2.25. The van der Waals surface area contributed by atoms with Gasteiger partial charge in [0.2, 0.25) is 0 Å². The fraction of sp³-hybridized carbons (Fsp3) is 0.250. The van der Waals surface area contributed by atoms with Crippen LogP contribution in [0.25, 0.3) is 0 Å². The van der Waals surface area contributed by atoms with Crippen LogP contribution in [-0.4, -0.2) is 7.11 Å². The maximum Gasteiger partial charge on any atom is 0.417 e. The minimum atomic E-state index is -4.51. The highest BCUT2D eigenvalue weighted by atomic mass is 35.5. The first-order chi connectivity index (χ1) is 6.36. The maximum absolute atomic E-state index is 12.3. The van der Waals surface area contributed by atoms with Crippen LogP contribution in [0, 0.1) is 0 Å². The lowest BCUT2D eigenvalue weighted by Crippen LogP contribution is -2.06. The van der Waals surface area contributed by atoms with Crippen molar-refractivity contribution in [1.82, 2.24) is 0 Å². The Labute approximate surface area is 88.4 Å². The molecule has 0 spiro atoms. The number of ether oxygens (including phenoxy) is 1. The molecule has 0 atom stereocenters. The molecule has 0 N–H and O–H groups in total. The van der Waals surface area contributed by atoms with E-state index < -0.39 is 16.8 Å². The van der Waals surface area contributed by atoms with E-state index in [1.165, 1.54) is 7.11 Å². The van der Waals surface area contributed by atoms with Gasteiger partial charge in [0.05, 0.1) is 22.7 Å². The van der Waals surface area contributed by atoms with E-state index in [2.05, 4.69) is 0 Å². The molecule has 0 aliphatic rings. The van der Waals surface area contributed by atoms with Crippen molar-refractivity contribution in [3.05, 3.63) is 27.7 Å². The molecule has 14 heavy (non-hydrogen) atoms. The van der Waals surface area contributed by atoms with Crippen molar-refractivity contribution in [2.75, 3.05) is 7.11 Å². The lowest BCUT2D eigenvalue weighted by atomic mass is 10.2. The van der Waals surface area contributed by atoms with Gasteiger partial charge in [0, 0.05) is 6.07 Å². The van der Waals surface area contributed by atoms with E-state index in [1.54, 1.807) is 0 Å². The summed E-state index contributed by atoms with van der Waals surface area (Å²) in [6, 6.07) is 1.77. The van der Waals surface area contributed by atoms with Crippen LogP contribution in [-0.2, 0) is 6.18 Å². The minimum absolute atomic E-state index is 0.115. The number of alkyl halides is 3. The first kappa shape index (κ1) is 11.5. The standard InChI is InChI=1S/C8H5Cl2F3O/c1-14-7-3-5(9)4(2-6(7)10)8(11,12)13/h2-3H,1H3. The molecule has 1 rings (SSSR count). The molecule has 0 aliphatic carbocycles. The van der Waals surface area contributed by atoms with Gasteiger partial charge in [-0.05, 0) is 6.07 Å². The van der Waals surface area contributed by atoms with Gasteiger partial charge in [-0.25, -0.2) is 0 Å². The van der Waals surface area contributed by atoms with Crippen molar-refractivity contribution >= 4 is 23.2 Å². The Balaban J connectivity index is 3.29. The van der Waals surface area contributed by atoms with Crippen LogP contribution < -0.4 is 4.74 Å². The second-order valence-electron chi connectivity index (χ2n) is 2.46. The summed E-state index contributed by atoms with van der Waals surface area (Å²) in [6.45, 7) is 0. The van der Waals surface area contributed by atoms with Gasteiger partial charge in [0.15, 0.2) is 0 Å². The van der Waals surface area contributed by atoms with E-state index in [9.17, 15) is 13.2 Å². The Hall–Kier alpha value is -0.610. The number of methoxy groups -OCH3 is 1. The second kappa shape index (κ2) is 3.87. The smallest absolute Gasteiger partial charge is 0.417 e. The molecule has 0 aromatic heterocycles. The van der Waals surface area contributed by atoms with Gasteiger partial charge >= 0.3 is 6.18 Å². The van der Waals surface area contributed by atoms with Gasteiger partial charge in [-0.3, -0.25) is 0 Å². The molecular formula is C8H5Cl2F3O. The molecular weight excluding hydrogens is 240 g/mol. The summed E-state index contributed by atoms with van der Waals surface area (Å²) in [7, 11) is 1.30. The Bertz CT molecular complexity index is 349. The summed E-state index contributed by atoms with van der Waals surface area (Å²) < 4.78 is 41.6. The highest BCUT2D eigenvalue weighted by Gasteiger charge is 2.34. The summed E-state index contributed by atoms with van der Waals surface area (Å²) in [5, 5.41) is -0.553. The maximum atomic E-state index is 12.3. The highest BCUT2D eigenvalue weighted by Crippen LogP contribution is 2.39. The average Bonchev–Trinajstić information content (AvgIpc) is 2.06. The normalized spacial score (nSPS) is 11.6. The minimum Gasteiger partial charge on any atom is -0.495 e. The summed E-state index contributed by atoms with van der Waals surface area (Å²) in [6.07, 6.45) is -4.51. The van der Waals surface area contributed by atoms with E-state index in [1.807, 2.05) is 0 Å². The predicted molar refractivity (Wildman–Crippen MR) is 48.0 cm³/mol. The van der Waals surface area contributed by atoms with Crippen LogP contribution in [0.15, 0.2) is 12.1 Å². The molecule has 0 saturated heterocycles. The number of hydrogen-bond donors (Lipinski definition) is 0. The monoisotopic (exact) mass is 244 g/mol. The van der Waals surface area contributed by atoms with Crippen LogP contribution in [0.5, 0.6) is 5.75 Å². The van der Waals surface area contributed by atoms with Crippen LogP contribution in [0.3, 0.4) is 0 Å². The highest BCUT2D eigenvalue weighted by molar-refractivity contribution is 6.34. The Morgan fingerprint density at radius 2 is 1.71 bits per heavy atom. The van der Waals surface area contributed by atoms with Crippen molar-refractivity contribution in [3.8, 4) is 5.75 Å². The number of hydrogen-bond acceptors (Lipinski definition) is 1. The first-order valence-corrected chi connectivity index (χ1v) is 4.22. The molecule has 6 heteroatoms. The number of rotatable bonds is 1. The fourth-order valence-corrected chi connectivity index (χ4v) is 1.40. The molecule has 78 valence electrons. The molecule has 0 heterocycles. The molecule has 0 aliphatic heterocycles. The van der Waals surface area contributed by atoms with Crippen LogP contribution in [0.1, 0.15) is 5.56 Å². The fourth-order valence-electron chi connectivity index (χ4n) is 0.902. The summed E-state index contributed by atoms with van der Waals surface area (Å²) in [4.78, 5) is 0. The third-order valence-electron chi connectivity index (χ3n) is 1.55. The molecule has 1 aromatic carbocycles. The van der Waals surface area contributed by atoms with Crippen molar-refractivity contribution in [2.45, 2.75) is 6.18 Å². The van der Waals surface area contributed by atoms with Crippen molar-refractivity contribution in [3.63, 3.8) is 0 Å². The molecule has 1 aromatic rings. The quantitative estimate of drug-likeness (QED) is 0.725. The summed E-state index contributed by atoms with van der Waals surface area (Å²) in [5.41, 5.74) is -0.968. The van der Waals surface area contributed by atoms with Crippen LogP contribution >= 0.6 is 23.2 Å². The van der Waals surface area contributed by atoms with Crippen molar-refractivity contribution in [1.29, 1.82) is 0 Å². The lowest BCUT2D eigenvalue weighted by molar-refractivity contribution is -0.137. The third-order valence-corrected chi connectivity index (χ3v) is 2.15. The van der Waals surface area contributed by atoms with Gasteiger partial charge in [0.1, 0.15) is 5.75 Å². The molecule has 1 nitrogen and oxygen atoms in total. The molecule has 0 radical (unpaired) electrons. The molecule has 0 fully saturated rings. The van der Waals surface area contributed by atoms with E-state index >= 15 is 0 Å². The van der Waals surface area contributed by atoms with Gasteiger partial charge in [-0.1, -0.05) is 23.2 Å². The zero-order valence-corrected chi connectivity index (χ0v) is 8.46. The second-order valence-corrected chi connectivity index (χ2v) is 3.28. The Morgan fingerprint density at radius 1 is 1.14 bits per heavy atom. The van der Waals surface area contributed by atoms with Gasteiger partial charge in [0.25, 0.3) is 0 Å². The average molecular weight is 245 g/mol. The van der Waals surface area contributed by atoms with E-state index in [4.69, 9.17) is 27.9 Å². The van der Waals surface area contributed by atoms with E-state index in [0.29, 0.717) is 0 Å².